The zero-order chi connectivity index (χ0) is 14.2. The van der Waals surface area contributed by atoms with E-state index in [-0.39, 0.29) is 0 Å². The van der Waals surface area contributed by atoms with Gasteiger partial charge in [0.15, 0.2) is 23.3 Å². The summed E-state index contributed by atoms with van der Waals surface area (Å²) >= 11 is 0. The van der Waals surface area contributed by atoms with Crippen molar-refractivity contribution in [2.24, 2.45) is 0 Å². The fourth-order valence-electron chi connectivity index (χ4n) is 1.00. The summed E-state index contributed by atoms with van der Waals surface area (Å²) in [5, 5.41) is -0.675. The van der Waals surface area contributed by atoms with E-state index in [1.54, 1.807) is 0 Å². The van der Waals surface area contributed by atoms with Gasteiger partial charge in [-0.3, -0.25) is 0 Å². The molecule has 0 unspecified atom stereocenters. The van der Waals surface area contributed by atoms with Gasteiger partial charge in [-0.2, -0.15) is 8.78 Å². The van der Waals surface area contributed by atoms with Gasteiger partial charge in [-0.25, -0.2) is 22.0 Å². The molecule has 0 bridgehead atoms. The van der Waals surface area contributed by atoms with Crippen LogP contribution in [0, 0.1) is 29.1 Å². The molecular weight excluding hydrogens is 285 g/mol. The lowest BCUT2D eigenvalue weighted by molar-refractivity contribution is -0.490. The third-order valence-electron chi connectivity index (χ3n) is 1.79. The second kappa shape index (κ2) is 4.65. The van der Waals surface area contributed by atoms with Crippen LogP contribution in [0.3, 0.4) is 0 Å². The Morgan fingerprint density at radius 2 is 1.11 bits per heavy atom. The molecule has 0 aromatic heterocycles. The fourth-order valence-corrected chi connectivity index (χ4v) is 1.00. The van der Waals surface area contributed by atoms with E-state index in [0.29, 0.717) is 0 Å². The molecule has 0 amide bonds. The standard InChI is InChI=1S/C7F9NO/c8-2-1(7(13,14)17(15)18-16)3(9)5(11)6(12)4(2)10. The first kappa shape index (κ1) is 14.6. The van der Waals surface area contributed by atoms with Crippen molar-refractivity contribution in [3.8, 4) is 0 Å². The second-order valence-electron chi connectivity index (χ2n) is 2.80. The summed E-state index contributed by atoms with van der Waals surface area (Å²) in [5.74, 6) is -14.2. The molecule has 0 saturated heterocycles. The van der Waals surface area contributed by atoms with Crippen molar-refractivity contribution in [3.05, 3.63) is 34.6 Å². The molecule has 1 aromatic rings. The third-order valence-corrected chi connectivity index (χ3v) is 1.79. The molecule has 0 spiro atoms. The molecule has 2 nitrogen and oxygen atoms in total. The fraction of sp³-hybridized carbons (Fsp3) is 0.143. The maximum Gasteiger partial charge on any atom is 0.388 e. The molecule has 102 valence electrons. The molecule has 18 heavy (non-hydrogen) atoms. The molecule has 0 aliphatic rings. The van der Waals surface area contributed by atoms with Gasteiger partial charge in [0, 0.05) is 0 Å². The van der Waals surface area contributed by atoms with Gasteiger partial charge in [0.2, 0.25) is 5.82 Å². The first-order chi connectivity index (χ1) is 8.16. The zero-order valence-corrected chi connectivity index (χ0v) is 7.76. The Balaban J connectivity index is 3.61. The van der Waals surface area contributed by atoms with Gasteiger partial charge in [-0.05, 0) is 4.53 Å². The summed E-state index contributed by atoms with van der Waals surface area (Å²) in [5.41, 5.74) is -2.89. The van der Waals surface area contributed by atoms with Crippen LogP contribution in [0.25, 0.3) is 0 Å². The SMILES string of the molecule is FON(F)C(F)(F)c1c(F)c(F)c(F)c(F)c1F. The lowest BCUT2D eigenvalue weighted by Crippen LogP contribution is -2.34. The lowest BCUT2D eigenvalue weighted by atomic mass is 10.1. The van der Waals surface area contributed by atoms with Crippen LogP contribution in [0.15, 0.2) is 0 Å². The van der Waals surface area contributed by atoms with Crippen molar-refractivity contribution in [1.29, 1.82) is 0 Å². The summed E-state index contributed by atoms with van der Waals surface area (Å²) in [4.78, 5) is 0. The lowest BCUT2D eigenvalue weighted by Gasteiger charge is -2.20. The molecule has 0 aliphatic carbocycles. The van der Waals surface area contributed by atoms with Gasteiger partial charge in [0.25, 0.3) is 0 Å². The van der Waals surface area contributed by atoms with Crippen molar-refractivity contribution in [2.75, 3.05) is 0 Å². The summed E-state index contributed by atoms with van der Waals surface area (Å²) < 4.78 is 112. The first-order valence-corrected chi connectivity index (χ1v) is 3.80. The van der Waals surface area contributed by atoms with Crippen molar-refractivity contribution in [2.45, 2.75) is 6.05 Å². The molecule has 0 heterocycles. The van der Waals surface area contributed by atoms with E-state index in [4.69, 9.17) is 0 Å². The van der Waals surface area contributed by atoms with Crippen LogP contribution < -0.4 is 0 Å². The molecule has 0 atom stereocenters. The number of rotatable bonds is 3. The Labute approximate surface area is 91.9 Å². The van der Waals surface area contributed by atoms with Gasteiger partial charge in [-0.1, -0.05) is 9.52 Å². The van der Waals surface area contributed by atoms with Crippen molar-refractivity contribution in [3.63, 3.8) is 0 Å². The number of benzene rings is 1. The van der Waals surface area contributed by atoms with E-state index < -0.39 is 46.0 Å². The summed E-state index contributed by atoms with van der Waals surface area (Å²) in [6.07, 6.45) is 0. The van der Waals surface area contributed by atoms with Crippen LogP contribution in [0.4, 0.5) is 39.7 Å². The third kappa shape index (κ3) is 1.99. The quantitative estimate of drug-likeness (QED) is 0.211. The van der Waals surface area contributed by atoms with Crippen molar-refractivity contribution in [1.82, 2.24) is 5.29 Å². The smallest absolute Gasteiger partial charge is 0.203 e. The Kier molecular flexibility index (Phi) is 3.76. The van der Waals surface area contributed by atoms with Crippen LogP contribution in [-0.4, -0.2) is 5.29 Å². The highest BCUT2D eigenvalue weighted by atomic mass is 19.4. The van der Waals surface area contributed by atoms with E-state index in [9.17, 15) is 39.7 Å². The Hall–Kier alpha value is -1.49. The largest absolute Gasteiger partial charge is 0.388 e. The Morgan fingerprint density at radius 3 is 1.44 bits per heavy atom. The number of hydrogen-bond donors (Lipinski definition) is 0. The monoisotopic (exact) mass is 285 g/mol. The van der Waals surface area contributed by atoms with E-state index in [2.05, 4.69) is 0 Å². The molecular formula is C7F9NO. The maximum atomic E-state index is 12.8. The van der Waals surface area contributed by atoms with E-state index in [0.717, 1.165) is 0 Å². The molecule has 0 fully saturated rings. The Morgan fingerprint density at radius 1 is 0.778 bits per heavy atom. The van der Waals surface area contributed by atoms with E-state index in [1.165, 1.54) is 0 Å². The molecule has 1 rings (SSSR count). The highest BCUT2D eigenvalue weighted by molar-refractivity contribution is 5.27. The van der Waals surface area contributed by atoms with Gasteiger partial charge >= 0.3 is 6.05 Å². The summed E-state index contributed by atoms with van der Waals surface area (Å²) in [6.45, 7) is 0. The minimum Gasteiger partial charge on any atom is -0.203 e. The average molecular weight is 285 g/mol. The molecule has 0 radical (unpaired) electrons. The van der Waals surface area contributed by atoms with E-state index in [1.807, 2.05) is 5.04 Å². The molecule has 0 aliphatic heterocycles. The maximum absolute atomic E-state index is 12.8. The van der Waals surface area contributed by atoms with Crippen LogP contribution in [0.2, 0.25) is 0 Å². The zero-order valence-electron chi connectivity index (χ0n) is 7.76. The number of nitrogens with zero attached hydrogens (tertiary/aromatic N) is 1. The number of hydroxylamine groups is 1. The van der Waals surface area contributed by atoms with Crippen molar-refractivity contribution < 1.29 is 44.8 Å². The molecule has 1 aromatic carbocycles. The molecule has 11 heteroatoms. The number of halogens is 9. The van der Waals surface area contributed by atoms with Crippen molar-refractivity contribution >= 4 is 0 Å². The summed E-state index contributed by atoms with van der Waals surface area (Å²) in [7, 11) is 0. The number of alkyl halides is 2. The van der Waals surface area contributed by atoms with Crippen LogP contribution in [-0.2, 0) is 11.1 Å². The Bertz CT molecular complexity index is 447. The van der Waals surface area contributed by atoms with Gasteiger partial charge in [-0.15, -0.1) is 0 Å². The van der Waals surface area contributed by atoms with Gasteiger partial charge in [0.05, 0.1) is 5.29 Å². The minimum absolute atomic E-state index is 1.83. The highest BCUT2D eigenvalue weighted by Crippen LogP contribution is 2.38. The van der Waals surface area contributed by atoms with E-state index >= 15 is 0 Å². The predicted molar refractivity (Wildman–Crippen MR) is 35.3 cm³/mol. The first-order valence-electron chi connectivity index (χ1n) is 3.80. The molecule has 0 N–H and O–H groups in total. The highest BCUT2D eigenvalue weighted by Gasteiger charge is 2.50. The molecule has 0 saturated carbocycles. The topological polar surface area (TPSA) is 12.5 Å². The normalized spacial score (nSPS) is 12.3. The second-order valence-corrected chi connectivity index (χ2v) is 2.80. The summed E-state index contributed by atoms with van der Waals surface area (Å²) in [6, 6.07) is -5.57. The van der Waals surface area contributed by atoms with Crippen LogP contribution in [0.1, 0.15) is 5.56 Å². The van der Waals surface area contributed by atoms with Gasteiger partial charge in [0.1, 0.15) is 5.56 Å². The number of hydrogen-bond acceptors (Lipinski definition) is 2. The van der Waals surface area contributed by atoms with Gasteiger partial charge < -0.3 is 0 Å². The van der Waals surface area contributed by atoms with Crippen LogP contribution in [0.5, 0.6) is 0 Å². The predicted octanol–water partition coefficient (Wildman–Crippen LogP) is 3.43. The minimum atomic E-state index is -5.57. The average Bonchev–Trinajstić information content (AvgIpc) is 2.32. The van der Waals surface area contributed by atoms with Crippen LogP contribution >= 0.6 is 0 Å².